The smallest absolute Gasteiger partial charge is 0.416 e. The molecule has 0 atom stereocenters. The minimum Gasteiger partial charge on any atom is -0.481 e. The third-order valence-electron chi connectivity index (χ3n) is 3.73. The fraction of sp³-hybridized carbons (Fsp3) is 0.333. The molecule has 0 unspecified atom stereocenters. The first-order chi connectivity index (χ1) is 12.3. The first-order valence-corrected chi connectivity index (χ1v) is 7.90. The maximum absolute atomic E-state index is 12.6. The van der Waals surface area contributed by atoms with Crippen LogP contribution in [0, 0.1) is 0 Å². The van der Waals surface area contributed by atoms with E-state index in [1.807, 2.05) is 18.0 Å². The molecule has 5 nitrogen and oxygen atoms in total. The number of nitrogens with zero attached hydrogens (tertiary/aromatic N) is 3. The highest BCUT2D eigenvalue weighted by Crippen LogP contribution is 2.29. The van der Waals surface area contributed by atoms with E-state index in [1.54, 1.807) is 26.4 Å². The van der Waals surface area contributed by atoms with Crippen LogP contribution in [0.3, 0.4) is 0 Å². The molecule has 0 amide bonds. The van der Waals surface area contributed by atoms with Gasteiger partial charge in [-0.25, -0.2) is 4.98 Å². The van der Waals surface area contributed by atoms with Crippen LogP contribution in [0.1, 0.15) is 16.7 Å². The highest BCUT2D eigenvalue weighted by atomic mass is 127. The van der Waals surface area contributed by atoms with Gasteiger partial charge < -0.3 is 15.0 Å². The molecule has 0 bridgehead atoms. The quantitative estimate of drug-likeness (QED) is 0.389. The lowest BCUT2D eigenvalue weighted by atomic mass is 10.1. The monoisotopic (exact) mass is 494 g/mol. The van der Waals surface area contributed by atoms with E-state index in [0.29, 0.717) is 24.9 Å². The van der Waals surface area contributed by atoms with E-state index in [4.69, 9.17) is 4.74 Å². The van der Waals surface area contributed by atoms with Gasteiger partial charge in [-0.1, -0.05) is 18.2 Å². The fourth-order valence-electron chi connectivity index (χ4n) is 2.35. The van der Waals surface area contributed by atoms with E-state index in [1.165, 1.54) is 12.1 Å². The van der Waals surface area contributed by atoms with E-state index in [0.717, 1.165) is 23.3 Å². The maximum Gasteiger partial charge on any atom is 0.416 e. The second-order valence-electron chi connectivity index (χ2n) is 5.66. The summed E-state index contributed by atoms with van der Waals surface area (Å²) in [5, 5.41) is 3.19. The van der Waals surface area contributed by atoms with Gasteiger partial charge in [0.05, 0.1) is 12.7 Å². The van der Waals surface area contributed by atoms with Gasteiger partial charge in [-0.05, 0) is 23.3 Å². The zero-order valence-corrected chi connectivity index (χ0v) is 17.6. The molecule has 0 fully saturated rings. The van der Waals surface area contributed by atoms with Crippen LogP contribution in [0.15, 0.2) is 47.6 Å². The number of benzene rings is 1. The number of ether oxygens (including phenoxy) is 1. The second kappa shape index (κ2) is 10.3. The van der Waals surface area contributed by atoms with E-state index in [9.17, 15) is 13.2 Å². The summed E-state index contributed by atoms with van der Waals surface area (Å²) in [5.41, 5.74) is 1.06. The normalized spacial score (nSPS) is 11.6. The summed E-state index contributed by atoms with van der Waals surface area (Å²) in [6.07, 6.45) is -2.62. The van der Waals surface area contributed by atoms with Crippen molar-refractivity contribution in [1.29, 1.82) is 0 Å². The van der Waals surface area contributed by atoms with Crippen molar-refractivity contribution in [1.82, 2.24) is 15.2 Å². The molecular formula is C18H22F3IN4O. The minimum absolute atomic E-state index is 0. The first-order valence-electron chi connectivity index (χ1n) is 7.90. The average molecular weight is 494 g/mol. The number of pyridine rings is 1. The van der Waals surface area contributed by atoms with Crippen molar-refractivity contribution in [2.24, 2.45) is 4.99 Å². The number of nitrogens with one attached hydrogen (secondary N) is 1. The van der Waals surface area contributed by atoms with Crippen molar-refractivity contribution in [3.63, 3.8) is 0 Å². The number of rotatable bonds is 5. The van der Waals surface area contributed by atoms with Crippen molar-refractivity contribution in [3.05, 3.63) is 59.3 Å². The summed E-state index contributed by atoms with van der Waals surface area (Å²) in [5.74, 6) is 1.17. The van der Waals surface area contributed by atoms with Crippen LogP contribution in [0.4, 0.5) is 13.2 Å². The zero-order valence-electron chi connectivity index (χ0n) is 15.2. The number of alkyl halides is 3. The Balaban J connectivity index is 0.00000364. The van der Waals surface area contributed by atoms with Crippen molar-refractivity contribution in [3.8, 4) is 5.88 Å². The zero-order chi connectivity index (χ0) is 19.2. The topological polar surface area (TPSA) is 49.8 Å². The van der Waals surface area contributed by atoms with Crippen molar-refractivity contribution in [2.75, 3.05) is 21.2 Å². The van der Waals surface area contributed by atoms with E-state index in [2.05, 4.69) is 15.3 Å². The van der Waals surface area contributed by atoms with E-state index >= 15 is 0 Å². The highest BCUT2D eigenvalue weighted by Gasteiger charge is 2.29. The molecule has 1 N–H and O–H groups in total. The predicted octanol–water partition coefficient (Wildman–Crippen LogP) is 3.93. The Labute approximate surface area is 173 Å². The molecule has 9 heteroatoms. The Morgan fingerprint density at radius 3 is 2.26 bits per heavy atom. The summed E-state index contributed by atoms with van der Waals surface area (Å²) in [7, 11) is 5.02. The lowest BCUT2D eigenvalue weighted by Gasteiger charge is -2.22. The van der Waals surface area contributed by atoms with Crippen LogP contribution in [-0.4, -0.2) is 37.0 Å². The average Bonchev–Trinajstić information content (AvgIpc) is 2.62. The van der Waals surface area contributed by atoms with Crippen molar-refractivity contribution in [2.45, 2.75) is 19.3 Å². The Morgan fingerprint density at radius 1 is 1.15 bits per heavy atom. The number of methoxy groups -OCH3 is 1. The Morgan fingerprint density at radius 2 is 1.78 bits per heavy atom. The van der Waals surface area contributed by atoms with Crippen LogP contribution < -0.4 is 10.1 Å². The molecule has 1 aromatic carbocycles. The number of guanidine groups is 1. The maximum atomic E-state index is 12.6. The van der Waals surface area contributed by atoms with Gasteiger partial charge in [0.1, 0.15) is 0 Å². The molecule has 0 aliphatic rings. The van der Waals surface area contributed by atoms with Crippen molar-refractivity contribution >= 4 is 29.9 Å². The van der Waals surface area contributed by atoms with Crippen LogP contribution in [0.5, 0.6) is 5.88 Å². The molecule has 2 aromatic rings. The molecule has 148 valence electrons. The van der Waals surface area contributed by atoms with Crippen LogP contribution in [0.2, 0.25) is 0 Å². The van der Waals surface area contributed by atoms with Gasteiger partial charge >= 0.3 is 6.18 Å². The van der Waals surface area contributed by atoms with Gasteiger partial charge in [-0.2, -0.15) is 13.2 Å². The van der Waals surface area contributed by atoms with Gasteiger partial charge in [0.15, 0.2) is 5.96 Å². The van der Waals surface area contributed by atoms with Gasteiger partial charge in [0.2, 0.25) is 5.88 Å². The van der Waals surface area contributed by atoms with Crippen LogP contribution >= 0.6 is 24.0 Å². The summed E-state index contributed by atoms with van der Waals surface area (Å²) < 4.78 is 42.9. The Kier molecular flexibility index (Phi) is 8.80. The molecular weight excluding hydrogens is 472 g/mol. The molecule has 2 rings (SSSR count). The summed E-state index contributed by atoms with van der Waals surface area (Å²) in [6.45, 7) is 0.944. The van der Waals surface area contributed by atoms with Gasteiger partial charge in [-0.15, -0.1) is 24.0 Å². The lowest BCUT2D eigenvalue weighted by Crippen LogP contribution is -2.38. The SMILES string of the molecule is CN=C(NCc1ccc(OC)nc1)N(C)Cc1ccc(C(F)(F)F)cc1.I. The van der Waals surface area contributed by atoms with Gasteiger partial charge in [-0.3, -0.25) is 4.99 Å². The molecule has 1 heterocycles. The second-order valence-corrected chi connectivity index (χ2v) is 5.66. The van der Waals surface area contributed by atoms with Crippen LogP contribution in [-0.2, 0) is 19.3 Å². The standard InChI is InChI=1S/C18H21F3N4O.HI/c1-22-17(24-11-14-6-9-16(26-3)23-10-14)25(2)12-13-4-7-15(8-5-13)18(19,20)21;/h4-10H,11-12H2,1-3H3,(H,22,24);1H. The van der Waals surface area contributed by atoms with E-state index in [-0.39, 0.29) is 24.0 Å². The number of halogens is 4. The highest BCUT2D eigenvalue weighted by molar-refractivity contribution is 14.0. The predicted molar refractivity (Wildman–Crippen MR) is 109 cm³/mol. The minimum atomic E-state index is -4.32. The first kappa shape index (κ1) is 23.0. The van der Waals surface area contributed by atoms with Gasteiger partial charge in [0, 0.05) is 39.4 Å². The molecule has 27 heavy (non-hydrogen) atoms. The molecule has 0 radical (unpaired) electrons. The Bertz CT molecular complexity index is 734. The number of aromatic nitrogens is 1. The third-order valence-corrected chi connectivity index (χ3v) is 3.73. The van der Waals surface area contributed by atoms with E-state index < -0.39 is 11.7 Å². The van der Waals surface area contributed by atoms with Crippen molar-refractivity contribution < 1.29 is 17.9 Å². The Hall–Kier alpha value is -2.04. The molecule has 0 saturated heterocycles. The number of hydrogen-bond donors (Lipinski definition) is 1. The summed E-state index contributed by atoms with van der Waals surface area (Å²) in [4.78, 5) is 10.2. The van der Waals surface area contributed by atoms with Crippen LogP contribution in [0.25, 0.3) is 0 Å². The number of aliphatic imine (C=N–C) groups is 1. The molecule has 0 aliphatic heterocycles. The lowest BCUT2D eigenvalue weighted by molar-refractivity contribution is -0.137. The number of hydrogen-bond acceptors (Lipinski definition) is 3. The molecule has 0 spiro atoms. The third kappa shape index (κ3) is 6.89. The summed E-state index contributed by atoms with van der Waals surface area (Å²) >= 11 is 0. The van der Waals surface area contributed by atoms with Gasteiger partial charge in [0.25, 0.3) is 0 Å². The largest absolute Gasteiger partial charge is 0.481 e. The molecule has 0 aliphatic carbocycles. The fourth-order valence-corrected chi connectivity index (χ4v) is 2.35. The summed E-state index contributed by atoms with van der Waals surface area (Å²) in [6, 6.07) is 8.78. The molecule has 1 aromatic heterocycles. The molecule has 0 saturated carbocycles.